The molecule has 1 amide bonds. The summed E-state index contributed by atoms with van der Waals surface area (Å²) in [5.41, 5.74) is 0.953. The van der Waals surface area contributed by atoms with Crippen LogP contribution in [0.15, 0.2) is 18.2 Å². The Morgan fingerprint density at radius 2 is 1.95 bits per heavy atom. The number of nitrogens with one attached hydrogen (secondary N) is 1. The summed E-state index contributed by atoms with van der Waals surface area (Å²) in [6.45, 7) is 8.13. The van der Waals surface area contributed by atoms with E-state index >= 15 is 0 Å². The molecule has 0 saturated carbocycles. The Morgan fingerprint density at radius 3 is 2.55 bits per heavy atom. The first-order valence-electron chi connectivity index (χ1n) is 6.95. The fraction of sp³-hybridized carbons (Fsp3) is 0.533. The van der Waals surface area contributed by atoms with Crippen molar-refractivity contribution < 1.29 is 4.79 Å². The molecule has 0 radical (unpaired) electrons. The lowest BCUT2D eigenvalue weighted by atomic mass is 10.1. The van der Waals surface area contributed by atoms with Crippen LogP contribution in [0, 0.1) is 0 Å². The predicted molar refractivity (Wildman–Crippen MR) is 85.4 cm³/mol. The lowest BCUT2D eigenvalue weighted by molar-refractivity contribution is -0.130. The van der Waals surface area contributed by atoms with Crippen molar-refractivity contribution in [1.29, 1.82) is 0 Å². The molecule has 5 heteroatoms. The van der Waals surface area contributed by atoms with Gasteiger partial charge in [0.1, 0.15) is 0 Å². The van der Waals surface area contributed by atoms with Crippen LogP contribution in [0.5, 0.6) is 0 Å². The van der Waals surface area contributed by atoms with Crippen LogP contribution in [-0.4, -0.2) is 30.4 Å². The van der Waals surface area contributed by atoms with Crippen molar-refractivity contribution in [2.75, 3.05) is 19.6 Å². The molecule has 0 aromatic heterocycles. The highest BCUT2D eigenvalue weighted by atomic mass is 35.5. The number of carbonyl (C=O) groups excluding carboxylic acids is 1. The number of nitrogens with zero attached hydrogens (tertiary/aromatic N) is 1. The molecule has 1 aromatic carbocycles. The standard InChI is InChI=1S/C15H22Cl2N2O/c1-4-19(5-2)15(20)8-9-18-11(3)13-10-12(16)6-7-14(13)17/h6-7,10-11,18H,4-5,8-9H2,1-3H3. The van der Waals surface area contributed by atoms with E-state index in [1.165, 1.54) is 0 Å². The van der Waals surface area contributed by atoms with Gasteiger partial charge in [0, 0.05) is 42.1 Å². The van der Waals surface area contributed by atoms with Crippen LogP contribution in [0.4, 0.5) is 0 Å². The number of amides is 1. The molecule has 0 aliphatic heterocycles. The summed E-state index contributed by atoms with van der Waals surface area (Å²) in [5, 5.41) is 4.66. The monoisotopic (exact) mass is 316 g/mol. The quantitative estimate of drug-likeness (QED) is 0.827. The molecular weight excluding hydrogens is 295 g/mol. The van der Waals surface area contributed by atoms with Crippen molar-refractivity contribution in [3.05, 3.63) is 33.8 Å². The Labute approximate surface area is 131 Å². The summed E-state index contributed by atoms with van der Waals surface area (Å²) in [7, 11) is 0. The van der Waals surface area contributed by atoms with Gasteiger partial charge in [-0.3, -0.25) is 4.79 Å². The summed E-state index contributed by atoms with van der Waals surface area (Å²) in [5.74, 6) is 0.173. The highest BCUT2D eigenvalue weighted by Gasteiger charge is 2.12. The molecule has 0 aliphatic carbocycles. The van der Waals surface area contributed by atoms with Crippen molar-refractivity contribution >= 4 is 29.1 Å². The topological polar surface area (TPSA) is 32.3 Å². The van der Waals surface area contributed by atoms with Gasteiger partial charge >= 0.3 is 0 Å². The van der Waals surface area contributed by atoms with Crippen LogP contribution in [0.1, 0.15) is 38.8 Å². The van der Waals surface area contributed by atoms with E-state index in [9.17, 15) is 4.79 Å². The van der Waals surface area contributed by atoms with Crippen molar-refractivity contribution in [1.82, 2.24) is 10.2 Å². The van der Waals surface area contributed by atoms with Crippen LogP contribution in [0.3, 0.4) is 0 Å². The summed E-state index contributed by atoms with van der Waals surface area (Å²) in [6.07, 6.45) is 0.490. The number of halogens is 2. The molecule has 1 N–H and O–H groups in total. The van der Waals surface area contributed by atoms with Gasteiger partial charge in [0.25, 0.3) is 0 Å². The highest BCUT2D eigenvalue weighted by Crippen LogP contribution is 2.26. The number of hydrogen-bond donors (Lipinski definition) is 1. The first kappa shape index (κ1) is 17.3. The minimum absolute atomic E-state index is 0.0608. The molecule has 1 aromatic rings. The van der Waals surface area contributed by atoms with Crippen molar-refractivity contribution in [3.63, 3.8) is 0 Å². The Kier molecular flexibility index (Phi) is 7.35. The lowest BCUT2D eigenvalue weighted by Crippen LogP contribution is -2.33. The maximum atomic E-state index is 11.9. The SMILES string of the molecule is CCN(CC)C(=O)CCNC(C)c1cc(Cl)ccc1Cl. The number of hydrogen-bond acceptors (Lipinski definition) is 2. The second kappa shape index (κ2) is 8.50. The van der Waals surface area contributed by atoms with Gasteiger partial charge in [-0.05, 0) is 44.5 Å². The van der Waals surface area contributed by atoms with Crippen LogP contribution in [-0.2, 0) is 4.79 Å². The van der Waals surface area contributed by atoms with E-state index in [-0.39, 0.29) is 11.9 Å². The second-order valence-electron chi connectivity index (χ2n) is 4.66. The molecule has 20 heavy (non-hydrogen) atoms. The average Bonchev–Trinajstić information content (AvgIpc) is 2.42. The largest absolute Gasteiger partial charge is 0.343 e. The first-order valence-corrected chi connectivity index (χ1v) is 7.71. The Bertz CT molecular complexity index is 447. The zero-order valence-electron chi connectivity index (χ0n) is 12.2. The van der Waals surface area contributed by atoms with Crippen LogP contribution < -0.4 is 5.32 Å². The van der Waals surface area contributed by atoms with Gasteiger partial charge in [-0.1, -0.05) is 23.2 Å². The molecule has 112 valence electrons. The molecule has 0 saturated heterocycles. The molecule has 0 spiro atoms. The van der Waals surface area contributed by atoms with Crippen LogP contribution in [0.25, 0.3) is 0 Å². The van der Waals surface area contributed by atoms with Crippen molar-refractivity contribution in [2.24, 2.45) is 0 Å². The lowest BCUT2D eigenvalue weighted by Gasteiger charge is -2.20. The van der Waals surface area contributed by atoms with Gasteiger partial charge in [0.15, 0.2) is 0 Å². The van der Waals surface area contributed by atoms with Gasteiger partial charge < -0.3 is 10.2 Å². The Hall–Kier alpha value is -0.770. The van der Waals surface area contributed by atoms with E-state index < -0.39 is 0 Å². The molecule has 3 nitrogen and oxygen atoms in total. The van der Waals surface area contributed by atoms with Crippen molar-refractivity contribution in [2.45, 2.75) is 33.2 Å². The molecule has 1 atom stereocenters. The van der Waals surface area contributed by atoms with Gasteiger partial charge in [-0.25, -0.2) is 0 Å². The van der Waals surface area contributed by atoms with Gasteiger partial charge in [-0.15, -0.1) is 0 Å². The Balaban J connectivity index is 2.49. The van der Waals surface area contributed by atoms with Crippen molar-refractivity contribution in [3.8, 4) is 0 Å². The molecule has 0 aliphatic rings. The number of carbonyl (C=O) groups is 1. The summed E-state index contributed by atoms with van der Waals surface area (Å²) < 4.78 is 0. The van der Waals surface area contributed by atoms with Crippen LogP contribution in [0.2, 0.25) is 10.0 Å². The van der Waals surface area contributed by atoms with Crippen LogP contribution >= 0.6 is 23.2 Å². The Morgan fingerprint density at radius 1 is 1.30 bits per heavy atom. The molecule has 0 heterocycles. The maximum Gasteiger partial charge on any atom is 0.223 e. The fourth-order valence-corrected chi connectivity index (χ4v) is 2.55. The van der Waals surface area contributed by atoms with Gasteiger partial charge in [0.05, 0.1) is 0 Å². The molecule has 1 unspecified atom stereocenters. The zero-order chi connectivity index (χ0) is 15.1. The minimum atomic E-state index is 0.0608. The van der Waals surface area contributed by atoms with Gasteiger partial charge in [0.2, 0.25) is 5.91 Å². The minimum Gasteiger partial charge on any atom is -0.343 e. The fourth-order valence-electron chi connectivity index (χ4n) is 2.09. The normalized spacial score (nSPS) is 12.2. The summed E-state index contributed by atoms with van der Waals surface area (Å²) >= 11 is 12.1. The predicted octanol–water partition coefficient (Wildman–Crippen LogP) is 3.90. The third kappa shape index (κ3) is 4.97. The average molecular weight is 317 g/mol. The van der Waals surface area contributed by atoms with E-state index in [2.05, 4.69) is 5.32 Å². The second-order valence-corrected chi connectivity index (χ2v) is 5.50. The van der Waals surface area contributed by atoms with E-state index in [0.29, 0.717) is 23.0 Å². The van der Waals surface area contributed by atoms with E-state index in [1.54, 1.807) is 12.1 Å². The zero-order valence-corrected chi connectivity index (χ0v) is 13.8. The van der Waals surface area contributed by atoms with E-state index in [1.807, 2.05) is 31.7 Å². The highest BCUT2D eigenvalue weighted by molar-refractivity contribution is 6.33. The third-order valence-corrected chi connectivity index (χ3v) is 3.91. The third-order valence-electron chi connectivity index (χ3n) is 3.33. The molecule has 0 fully saturated rings. The smallest absolute Gasteiger partial charge is 0.223 e. The maximum absolute atomic E-state index is 11.9. The summed E-state index contributed by atoms with van der Waals surface area (Å²) in [6, 6.07) is 5.47. The molecular formula is C15H22Cl2N2O. The molecule has 0 bridgehead atoms. The molecule has 1 rings (SSSR count). The van der Waals surface area contributed by atoms with E-state index in [0.717, 1.165) is 18.7 Å². The summed E-state index contributed by atoms with van der Waals surface area (Å²) in [4.78, 5) is 13.7. The van der Waals surface area contributed by atoms with E-state index in [4.69, 9.17) is 23.2 Å². The van der Waals surface area contributed by atoms with Gasteiger partial charge in [-0.2, -0.15) is 0 Å². The number of rotatable bonds is 7. The first-order chi connectivity index (χ1) is 9.49. The number of benzene rings is 1.